The molecule has 1 atom stereocenters. The molecule has 182 valence electrons. The number of thiophene rings is 1. The lowest BCUT2D eigenvalue weighted by molar-refractivity contribution is -0.136. The van der Waals surface area contributed by atoms with E-state index in [1.807, 2.05) is 47.5 Å². The summed E-state index contributed by atoms with van der Waals surface area (Å²) in [6, 6.07) is 9.20. The predicted molar refractivity (Wildman–Crippen MR) is 135 cm³/mol. The minimum Gasteiger partial charge on any atom is -0.353 e. The van der Waals surface area contributed by atoms with Crippen molar-refractivity contribution in [3.8, 4) is 0 Å². The van der Waals surface area contributed by atoms with Gasteiger partial charge in [0, 0.05) is 43.3 Å². The summed E-state index contributed by atoms with van der Waals surface area (Å²) in [6.45, 7) is 8.49. The highest BCUT2D eigenvalue weighted by atomic mass is 32.1. The first-order valence-electron chi connectivity index (χ1n) is 11.7. The molecule has 8 nitrogen and oxygen atoms in total. The lowest BCUT2D eigenvalue weighted by Crippen LogP contribution is -2.55. The fourth-order valence-corrected chi connectivity index (χ4v) is 4.62. The van der Waals surface area contributed by atoms with Gasteiger partial charge in [0.15, 0.2) is 0 Å². The summed E-state index contributed by atoms with van der Waals surface area (Å²) in [6.07, 6.45) is 3.46. The number of carbonyl (C=O) groups excluding carboxylic acids is 3. The third kappa shape index (κ3) is 7.69. The second kappa shape index (κ2) is 12.9. The number of aryl methyl sites for hydroxylation is 1. The van der Waals surface area contributed by atoms with E-state index in [0.29, 0.717) is 45.6 Å². The Kier molecular flexibility index (Phi) is 9.63. The Bertz CT molecular complexity index is 971. The van der Waals surface area contributed by atoms with Gasteiger partial charge in [0.05, 0.1) is 6.42 Å². The number of pyridine rings is 1. The number of amides is 3. The second-order valence-electron chi connectivity index (χ2n) is 8.32. The van der Waals surface area contributed by atoms with Crippen molar-refractivity contribution in [2.24, 2.45) is 0 Å². The molecule has 0 aliphatic carbocycles. The molecule has 1 unspecified atom stereocenters. The number of hydrogen-bond donors (Lipinski definition) is 2. The zero-order valence-corrected chi connectivity index (χ0v) is 20.5. The third-order valence-electron chi connectivity index (χ3n) is 5.74. The van der Waals surface area contributed by atoms with E-state index in [1.54, 1.807) is 0 Å². The number of piperazine rings is 1. The van der Waals surface area contributed by atoms with Gasteiger partial charge in [0.25, 0.3) is 0 Å². The van der Waals surface area contributed by atoms with Crippen LogP contribution in [0.2, 0.25) is 0 Å². The summed E-state index contributed by atoms with van der Waals surface area (Å²) in [5.41, 5.74) is 0.966. The number of nitrogens with one attached hydrogen (secondary N) is 2. The van der Waals surface area contributed by atoms with Crippen LogP contribution in [-0.4, -0.2) is 66.4 Å². The highest BCUT2D eigenvalue weighted by Gasteiger charge is 2.29. The van der Waals surface area contributed by atoms with Crippen molar-refractivity contribution in [2.75, 3.05) is 37.6 Å². The van der Waals surface area contributed by atoms with Crippen molar-refractivity contribution in [3.63, 3.8) is 0 Å². The maximum Gasteiger partial charge on any atom is 0.245 e. The summed E-state index contributed by atoms with van der Waals surface area (Å²) in [4.78, 5) is 46.9. The van der Waals surface area contributed by atoms with Gasteiger partial charge in [-0.3, -0.25) is 14.4 Å². The Morgan fingerprint density at radius 1 is 1.15 bits per heavy atom. The number of carbonyl (C=O) groups is 3. The van der Waals surface area contributed by atoms with Crippen molar-refractivity contribution >= 4 is 34.9 Å². The molecule has 34 heavy (non-hydrogen) atoms. The summed E-state index contributed by atoms with van der Waals surface area (Å²) >= 11 is 1.53. The number of nitrogens with zero attached hydrogens (tertiary/aromatic N) is 3. The molecule has 9 heteroatoms. The molecule has 2 aromatic heterocycles. The monoisotopic (exact) mass is 483 g/mol. The van der Waals surface area contributed by atoms with Gasteiger partial charge in [-0.05, 0) is 55.8 Å². The summed E-state index contributed by atoms with van der Waals surface area (Å²) < 4.78 is 0. The minimum atomic E-state index is -0.578. The molecule has 2 aromatic rings. The Morgan fingerprint density at radius 3 is 2.62 bits per heavy atom. The molecular formula is C25H33N5O3S. The van der Waals surface area contributed by atoms with Crippen LogP contribution in [0.4, 0.5) is 5.82 Å². The first kappa shape index (κ1) is 25.4. The first-order valence-corrected chi connectivity index (χ1v) is 12.5. The largest absolute Gasteiger partial charge is 0.353 e. The van der Waals surface area contributed by atoms with Gasteiger partial charge in [-0.15, -0.1) is 11.3 Å². The van der Waals surface area contributed by atoms with E-state index >= 15 is 0 Å². The Hall–Kier alpha value is -3.20. The van der Waals surface area contributed by atoms with E-state index in [9.17, 15) is 14.4 Å². The molecule has 3 heterocycles. The van der Waals surface area contributed by atoms with Crippen LogP contribution in [0.1, 0.15) is 29.8 Å². The van der Waals surface area contributed by atoms with E-state index in [-0.39, 0.29) is 24.1 Å². The van der Waals surface area contributed by atoms with Gasteiger partial charge in [-0.2, -0.15) is 0 Å². The summed E-state index contributed by atoms with van der Waals surface area (Å²) in [5, 5.41) is 7.64. The quantitative estimate of drug-likeness (QED) is 0.378. The van der Waals surface area contributed by atoms with Crippen molar-refractivity contribution in [3.05, 3.63) is 58.9 Å². The van der Waals surface area contributed by atoms with E-state index in [1.165, 1.54) is 17.4 Å². The van der Waals surface area contributed by atoms with Crippen LogP contribution in [0, 0.1) is 6.92 Å². The average Bonchev–Trinajstić information content (AvgIpc) is 3.35. The fourth-order valence-electron chi connectivity index (χ4n) is 3.91. The van der Waals surface area contributed by atoms with Gasteiger partial charge in [-0.1, -0.05) is 18.7 Å². The number of rotatable bonds is 11. The Morgan fingerprint density at radius 2 is 1.94 bits per heavy atom. The standard InChI is InChI=1S/C25H33N5O3S/c1-3-23(31)26-12-5-4-10-21(28-24(32)18-20-9-7-17-34-20)25(33)30-15-13-29(14-16-30)22-11-6-8-19(2)27-22/h3,6-9,11,17,21H,1,4-5,10,12-16,18H2,2H3,(H,26,31)(H,28,32). The van der Waals surface area contributed by atoms with Crippen molar-refractivity contribution in [2.45, 2.75) is 38.6 Å². The van der Waals surface area contributed by atoms with E-state index in [0.717, 1.165) is 22.8 Å². The Balaban J connectivity index is 1.55. The highest BCUT2D eigenvalue weighted by Crippen LogP contribution is 2.16. The smallest absolute Gasteiger partial charge is 0.245 e. The van der Waals surface area contributed by atoms with Crippen molar-refractivity contribution < 1.29 is 14.4 Å². The number of hydrogen-bond acceptors (Lipinski definition) is 6. The molecular weight excluding hydrogens is 450 g/mol. The molecule has 3 amide bonds. The number of anilines is 1. The first-order chi connectivity index (χ1) is 16.5. The molecule has 1 aliphatic rings. The summed E-state index contributed by atoms with van der Waals surface area (Å²) in [5.74, 6) is 0.516. The highest BCUT2D eigenvalue weighted by molar-refractivity contribution is 7.10. The normalized spacial score (nSPS) is 14.4. The Labute approximate surface area is 205 Å². The SMILES string of the molecule is C=CC(=O)NCCCCC(NC(=O)Cc1cccs1)C(=O)N1CCN(c2cccc(C)n2)CC1. The number of unbranched alkanes of at least 4 members (excludes halogenated alkanes) is 1. The third-order valence-corrected chi connectivity index (χ3v) is 6.62. The van der Waals surface area contributed by atoms with Crippen molar-refractivity contribution in [1.29, 1.82) is 0 Å². The fraction of sp³-hybridized carbons (Fsp3) is 0.440. The van der Waals surface area contributed by atoms with Gasteiger partial charge in [0.2, 0.25) is 17.7 Å². The lowest BCUT2D eigenvalue weighted by atomic mass is 10.1. The topological polar surface area (TPSA) is 94.6 Å². The average molecular weight is 484 g/mol. The van der Waals surface area contributed by atoms with Crippen LogP contribution in [0.5, 0.6) is 0 Å². The van der Waals surface area contributed by atoms with Gasteiger partial charge in [-0.25, -0.2) is 4.98 Å². The van der Waals surface area contributed by atoms with Crippen LogP contribution in [0.15, 0.2) is 48.4 Å². The zero-order valence-electron chi connectivity index (χ0n) is 19.7. The second-order valence-corrected chi connectivity index (χ2v) is 9.35. The lowest BCUT2D eigenvalue weighted by Gasteiger charge is -2.37. The predicted octanol–water partition coefficient (Wildman–Crippen LogP) is 2.30. The minimum absolute atomic E-state index is 0.0495. The molecule has 0 saturated carbocycles. The van der Waals surface area contributed by atoms with Gasteiger partial charge in [0.1, 0.15) is 11.9 Å². The number of aromatic nitrogens is 1. The van der Waals surface area contributed by atoms with Gasteiger partial charge < -0.3 is 20.4 Å². The van der Waals surface area contributed by atoms with E-state index < -0.39 is 6.04 Å². The molecule has 0 radical (unpaired) electrons. The van der Waals surface area contributed by atoms with E-state index in [4.69, 9.17) is 0 Å². The van der Waals surface area contributed by atoms with Crippen LogP contribution < -0.4 is 15.5 Å². The molecule has 2 N–H and O–H groups in total. The van der Waals surface area contributed by atoms with Crippen LogP contribution in [0.3, 0.4) is 0 Å². The van der Waals surface area contributed by atoms with Gasteiger partial charge >= 0.3 is 0 Å². The molecule has 3 rings (SSSR count). The van der Waals surface area contributed by atoms with Crippen molar-refractivity contribution in [1.82, 2.24) is 20.5 Å². The van der Waals surface area contributed by atoms with Crippen LogP contribution in [-0.2, 0) is 20.8 Å². The maximum atomic E-state index is 13.3. The molecule has 1 aliphatic heterocycles. The molecule has 0 aromatic carbocycles. The van der Waals surface area contributed by atoms with Crippen LogP contribution >= 0.6 is 11.3 Å². The molecule has 0 spiro atoms. The molecule has 1 saturated heterocycles. The zero-order chi connectivity index (χ0) is 24.3. The summed E-state index contributed by atoms with van der Waals surface area (Å²) in [7, 11) is 0. The molecule has 1 fully saturated rings. The maximum absolute atomic E-state index is 13.3. The molecule has 0 bridgehead atoms. The van der Waals surface area contributed by atoms with E-state index in [2.05, 4.69) is 27.1 Å². The van der Waals surface area contributed by atoms with Crippen LogP contribution in [0.25, 0.3) is 0 Å².